The Bertz CT molecular complexity index is 509. The molecule has 1 aromatic carbocycles. The highest BCUT2D eigenvalue weighted by Gasteiger charge is 2.41. The van der Waals surface area contributed by atoms with Crippen molar-refractivity contribution < 1.29 is 9.18 Å². The van der Waals surface area contributed by atoms with Crippen LogP contribution in [0.1, 0.15) is 29.6 Å². The van der Waals surface area contributed by atoms with E-state index < -0.39 is 5.82 Å². The van der Waals surface area contributed by atoms with Gasteiger partial charge in [-0.15, -0.1) is 0 Å². The molecule has 2 heterocycles. The number of carbonyl (C=O) groups is 1. The smallest absolute Gasteiger partial charge is 0.256 e. The van der Waals surface area contributed by atoms with Crippen LogP contribution in [-0.4, -0.2) is 48.9 Å². The normalized spacial score (nSPS) is 22.4. The summed E-state index contributed by atoms with van der Waals surface area (Å²) < 4.78 is 13.7. The van der Waals surface area contributed by atoms with E-state index in [0.717, 1.165) is 45.4 Å². The largest absolute Gasteiger partial charge is 0.338 e. The minimum Gasteiger partial charge on any atom is -0.338 e. The predicted molar refractivity (Wildman–Crippen MR) is 76.1 cm³/mol. The van der Waals surface area contributed by atoms with Gasteiger partial charge in [0.2, 0.25) is 0 Å². The first-order valence-electron chi connectivity index (χ1n) is 7.32. The molecule has 0 radical (unpaired) electrons. The number of piperidine rings is 1. The molecule has 1 amide bonds. The van der Waals surface area contributed by atoms with Crippen LogP contribution < -0.4 is 0 Å². The Morgan fingerprint density at radius 3 is 2.50 bits per heavy atom. The summed E-state index contributed by atoms with van der Waals surface area (Å²) in [5.41, 5.74) is 0.477. The van der Waals surface area contributed by atoms with E-state index in [-0.39, 0.29) is 16.9 Å². The highest BCUT2D eigenvalue weighted by molar-refractivity contribution is 5.94. The van der Waals surface area contributed by atoms with Crippen LogP contribution in [0.25, 0.3) is 0 Å². The maximum absolute atomic E-state index is 13.7. The van der Waals surface area contributed by atoms with Crippen LogP contribution in [-0.2, 0) is 0 Å². The molecule has 0 saturated carbocycles. The molecule has 2 aliphatic heterocycles. The fraction of sp³-hybridized carbons (Fsp3) is 0.562. The number of halogens is 1. The quantitative estimate of drug-likeness (QED) is 0.786. The summed E-state index contributed by atoms with van der Waals surface area (Å²) in [6.07, 6.45) is 3.34. The van der Waals surface area contributed by atoms with Crippen LogP contribution >= 0.6 is 0 Å². The zero-order valence-corrected chi connectivity index (χ0v) is 11.9. The number of carbonyl (C=O) groups excluding carboxylic acids is 1. The molecule has 0 bridgehead atoms. The fourth-order valence-corrected chi connectivity index (χ4v) is 3.41. The fourth-order valence-electron chi connectivity index (χ4n) is 3.41. The first-order chi connectivity index (χ1) is 9.60. The number of hydrogen-bond donors (Lipinski definition) is 0. The lowest BCUT2D eigenvalue weighted by Gasteiger charge is -2.37. The molecule has 1 aromatic rings. The number of amides is 1. The van der Waals surface area contributed by atoms with Crippen molar-refractivity contribution in [1.82, 2.24) is 9.80 Å². The minimum atomic E-state index is -0.415. The molecule has 2 fully saturated rings. The van der Waals surface area contributed by atoms with E-state index in [9.17, 15) is 9.18 Å². The summed E-state index contributed by atoms with van der Waals surface area (Å²) in [4.78, 5) is 16.6. The van der Waals surface area contributed by atoms with E-state index in [0.29, 0.717) is 0 Å². The molecule has 0 aromatic heterocycles. The standard InChI is InChI=1S/C16H21FN2O/c1-18-9-6-16(7-10-18)8-11-19(12-16)15(20)13-4-2-3-5-14(13)17/h2-5H,6-12H2,1H3. The summed E-state index contributed by atoms with van der Waals surface area (Å²) in [7, 11) is 2.14. The molecule has 0 aliphatic carbocycles. The van der Waals surface area contributed by atoms with Gasteiger partial charge in [0.25, 0.3) is 5.91 Å². The van der Waals surface area contributed by atoms with Crippen molar-refractivity contribution in [2.45, 2.75) is 19.3 Å². The van der Waals surface area contributed by atoms with Crippen molar-refractivity contribution in [3.8, 4) is 0 Å². The second-order valence-corrected chi connectivity index (χ2v) is 6.26. The molecule has 2 aliphatic rings. The Morgan fingerprint density at radius 1 is 1.15 bits per heavy atom. The monoisotopic (exact) mass is 276 g/mol. The van der Waals surface area contributed by atoms with Gasteiger partial charge in [0.05, 0.1) is 5.56 Å². The van der Waals surface area contributed by atoms with Gasteiger partial charge in [-0.1, -0.05) is 12.1 Å². The van der Waals surface area contributed by atoms with Gasteiger partial charge in [-0.25, -0.2) is 4.39 Å². The second kappa shape index (κ2) is 5.17. The predicted octanol–water partition coefficient (Wildman–Crippen LogP) is 2.38. The highest BCUT2D eigenvalue weighted by Crippen LogP contribution is 2.40. The molecule has 0 N–H and O–H groups in total. The van der Waals surface area contributed by atoms with Crippen LogP contribution in [0.3, 0.4) is 0 Å². The summed E-state index contributed by atoms with van der Waals surface area (Å²) in [5.74, 6) is -0.569. The van der Waals surface area contributed by atoms with Gasteiger partial charge in [0.1, 0.15) is 5.82 Å². The highest BCUT2D eigenvalue weighted by atomic mass is 19.1. The molecule has 20 heavy (non-hydrogen) atoms. The maximum atomic E-state index is 13.7. The lowest BCUT2D eigenvalue weighted by Crippen LogP contribution is -2.40. The van der Waals surface area contributed by atoms with Gasteiger partial charge >= 0.3 is 0 Å². The van der Waals surface area contributed by atoms with E-state index in [1.54, 1.807) is 18.2 Å². The lowest BCUT2D eigenvalue weighted by atomic mass is 9.78. The zero-order valence-electron chi connectivity index (χ0n) is 11.9. The van der Waals surface area contributed by atoms with Crippen LogP contribution in [0.5, 0.6) is 0 Å². The van der Waals surface area contributed by atoms with E-state index in [1.807, 2.05) is 4.90 Å². The summed E-state index contributed by atoms with van der Waals surface area (Å²) in [5, 5.41) is 0. The molecule has 2 saturated heterocycles. The Labute approximate surface area is 119 Å². The van der Waals surface area contributed by atoms with Gasteiger partial charge in [0.15, 0.2) is 0 Å². The Kier molecular flexibility index (Phi) is 3.50. The first-order valence-corrected chi connectivity index (χ1v) is 7.32. The Morgan fingerprint density at radius 2 is 1.80 bits per heavy atom. The molecule has 0 unspecified atom stereocenters. The van der Waals surface area contributed by atoms with Crippen LogP contribution in [0, 0.1) is 11.2 Å². The minimum absolute atomic E-state index is 0.154. The van der Waals surface area contributed by atoms with Gasteiger partial charge < -0.3 is 9.80 Å². The number of rotatable bonds is 1. The maximum Gasteiger partial charge on any atom is 0.256 e. The topological polar surface area (TPSA) is 23.6 Å². The molecule has 3 nitrogen and oxygen atoms in total. The molecule has 4 heteroatoms. The molecular weight excluding hydrogens is 255 g/mol. The van der Waals surface area contributed by atoms with Crippen molar-refractivity contribution in [3.05, 3.63) is 35.6 Å². The van der Waals surface area contributed by atoms with E-state index in [1.165, 1.54) is 6.07 Å². The van der Waals surface area contributed by atoms with Crippen LogP contribution in [0.15, 0.2) is 24.3 Å². The van der Waals surface area contributed by atoms with Crippen molar-refractivity contribution in [1.29, 1.82) is 0 Å². The number of nitrogens with zero attached hydrogens (tertiary/aromatic N) is 2. The third kappa shape index (κ3) is 2.44. The first kappa shape index (κ1) is 13.6. The number of hydrogen-bond acceptors (Lipinski definition) is 2. The summed E-state index contributed by atoms with van der Waals surface area (Å²) in [6.45, 7) is 3.74. The molecular formula is C16H21FN2O. The van der Waals surface area contributed by atoms with E-state index in [2.05, 4.69) is 11.9 Å². The van der Waals surface area contributed by atoms with Crippen molar-refractivity contribution in [3.63, 3.8) is 0 Å². The van der Waals surface area contributed by atoms with Gasteiger partial charge in [-0.2, -0.15) is 0 Å². The lowest BCUT2D eigenvalue weighted by molar-refractivity contribution is 0.0732. The Balaban J connectivity index is 1.71. The number of likely N-dealkylation sites (tertiary alicyclic amines) is 2. The van der Waals surface area contributed by atoms with Crippen molar-refractivity contribution in [2.75, 3.05) is 33.2 Å². The van der Waals surface area contributed by atoms with Crippen LogP contribution in [0.4, 0.5) is 4.39 Å². The third-order valence-electron chi connectivity index (χ3n) is 4.88. The molecule has 0 atom stereocenters. The van der Waals surface area contributed by atoms with Gasteiger partial charge in [0, 0.05) is 13.1 Å². The SMILES string of the molecule is CN1CCC2(CC1)CCN(C(=O)c1ccccc1F)C2. The zero-order chi connectivity index (χ0) is 14.2. The van der Waals surface area contributed by atoms with Gasteiger partial charge in [-0.05, 0) is 56.9 Å². The summed E-state index contributed by atoms with van der Waals surface area (Å²) in [6, 6.07) is 6.28. The van der Waals surface area contributed by atoms with Crippen molar-refractivity contribution >= 4 is 5.91 Å². The number of benzene rings is 1. The average molecular weight is 276 g/mol. The third-order valence-corrected chi connectivity index (χ3v) is 4.88. The van der Waals surface area contributed by atoms with E-state index >= 15 is 0 Å². The van der Waals surface area contributed by atoms with Crippen molar-refractivity contribution in [2.24, 2.45) is 5.41 Å². The second-order valence-electron chi connectivity index (χ2n) is 6.26. The molecule has 108 valence electrons. The molecule has 3 rings (SSSR count). The van der Waals surface area contributed by atoms with Crippen LogP contribution in [0.2, 0.25) is 0 Å². The average Bonchev–Trinajstić information content (AvgIpc) is 2.87. The van der Waals surface area contributed by atoms with Gasteiger partial charge in [-0.3, -0.25) is 4.79 Å². The summed E-state index contributed by atoms with van der Waals surface area (Å²) >= 11 is 0. The Hall–Kier alpha value is -1.42. The molecule has 1 spiro atoms. The van der Waals surface area contributed by atoms with E-state index in [4.69, 9.17) is 0 Å².